The van der Waals surface area contributed by atoms with Gasteiger partial charge < -0.3 is 10.1 Å². The number of rotatable bonds is 4. The predicted octanol–water partition coefficient (Wildman–Crippen LogP) is 5.23. The fraction of sp³-hybridized carbons (Fsp3) is 0.300. The van der Waals surface area contributed by atoms with Crippen LogP contribution in [0, 0.1) is 5.82 Å². The molecule has 0 spiro atoms. The molecule has 0 saturated heterocycles. The van der Waals surface area contributed by atoms with Gasteiger partial charge in [-0.15, -0.1) is 11.3 Å². The number of nitrogens with zero attached hydrogens (tertiary/aromatic N) is 1. The minimum absolute atomic E-state index is 0.293. The maximum Gasteiger partial charge on any atom is 0.341 e. The molecule has 0 bridgehead atoms. The minimum Gasteiger partial charge on any atom is -0.462 e. The van der Waals surface area contributed by atoms with Crippen LogP contribution in [0.3, 0.4) is 0 Å². The van der Waals surface area contributed by atoms with Crippen molar-refractivity contribution < 1.29 is 13.9 Å². The summed E-state index contributed by atoms with van der Waals surface area (Å²) in [6.45, 7) is 2.15. The summed E-state index contributed by atoms with van der Waals surface area (Å²) >= 11 is 1.60. The number of nitrogens with one attached hydrogen (secondary N) is 1. The van der Waals surface area contributed by atoms with Crippen LogP contribution in [0.1, 0.15) is 40.6 Å². The molecular formula is C20H19FN2O2S. The number of benzene rings is 1. The maximum absolute atomic E-state index is 14.0. The van der Waals surface area contributed by atoms with Crippen LogP contribution in [0.2, 0.25) is 0 Å². The number of carbonyl (C=O) groups is 1. The summed E-state index contributed by atoms with van der Waals surface area (Å²) in [5, 5.41) is 4.81. The summed E-state index contributed by atoms with van der Waals surface area (Å²) in [7, 11) is 0. The summed E-state index contributed by atoms with van der Waals surface area (Å²) in [5.41, 5.74) is 2.79. The van der Waals surface area contributed by atoms with E-state index in [1.165, 1.54) is 10.9 Å². The van der Waals surface area contributed by atoms with Crippen molar-refractivity contribution in [3.8, 4) is 0 Å². The number of esters is 1. The van der Waals surface area contributed by atoms with E-state index >= 15 is 0 Å². The number of aryl methyl sites for hydroxylation is 1. The first kappa shape index (κ1) is 17.0. The van der Waals surface area contributed by atoms with Crippen molar-refractivity contribution in [3.63, 3.8) is 0 Å². The molecule has 3 aromatic rings. The average molecular weight is 370 g/mol. The fourth-order valence-electron chi connectivity index (χ4n) is 3.44. The van der Waals surface area contributed by atoms with E-state index in [9.17, 15) is 9.18 Å². The summed E-state index contributed by atoms with van der Waals surface area (Å²) in [4.78, 5) is 18.0. The molecule has 1 aliphatic carbocycles. The number of ether oxygens (including phenoxy) is 1. The maximum atomic E-state index is 14.0. The first-order chi connectivity index (χ1) is 12.7. The number of halogens is 1. The Morgan fingerprint density at radius 3 is 3.00 bits per heavy atom. The molecule has 134 valence electrons. The van der Waals surface area contributed by atoms with E-state index in [1.807, 2.05) is 13.0 Å². The van der Waals surface area contributed by atoms with Crippen molar-refractivity contribution in [2.24, 2.45) is 0 Å². The molecule has 0 aliphatic heterocycles. The highest BCUT2D eigenvalue weighted by Gasteiger charge is 2.26. The molecule has 0 amide bonds. The Hall–Kier alpha value is -2.47. The van der Waals surface area contributed by atoms with Crippen molar-refractivity contribution in [2.45, 2.75) is 32.6 Å². The van der Waals surface area contributed by atoms with E-state index in [1.54, 1.807) is 29.7 Å². The lowest BCUT2D eigenvalue weighted by Crippen LogP contribution is -2.11. The predicted molar refractivity (Wildman–Crippen MR) is 102 cm³/mol. The molecule has 6 heteroatoms. The fourth-order valence-corrected chi connectivity index (χ4v) is 4.73. The quantitative estimate of drug-likeness (QED) is 0.639. The van der Waals surface area contributed by atoms with Gasteiger partial charge in [-0.25, -0.2) is 9.18 Å². The monoisotopic (exact) mass is 370 g/mol. The van der Waals surface area contributed by atoms with Gasteiger partial charge >= 0.3 is 5.97 Å². The molecule has 4 rings (SSSR count). The van der Waals surface area contributed by atoms with Gasteiger partial charge in [0.1, 0.15) is 16.3 Å². The lowest BCUT2D eigenvalue weighted by molar-refractivity contribution is 0.0526. The Morgan fingerprint density at radius 2 is 2.15 bits per heavy atom. The molecular weight excluding hydrogens is 351 g/mol. The molecule has 4 nitrogen and oxygen atoms in total. The van der Waals surface area contributed by atoms with Crippen LogP contribution in [0.4, 0.5) is 15.1 Å². The molecule has 0 saturated carbocycles. The van der Waals surface area contributed by atoms with E-state index < -0.39 is 0 Å². The van der Waals surface area contributed by atoms with Gasteiger partial charge in [-0.2, -0.15) is 0 Å². The Morgan fingerprint density at radius 1 is 1.31 bits per heavy atom. The molecule has 0 fully saturated rings. The van der Waals surface area contributed by atoms with Crippen LogP contribution >= 0.6 is 11.3 Å². The third-order valence-electron chi connectivity index (χ3n) is 4.62. The van der Waals surface area contributed by atoms with Gasteiger partial charge in [0, 0.05) is 16.5 Å². The number of hydrogen-bond donors (Lipinski definition) is 1. The SMILES string of the molecule is CCOC(=O)c1c(Nc2ccnc3c(F)cccc23)sc2c1CCCC2. The summed E-state index contributed by atoms with van der Waals surface area (Å²) in [5.74, 6) is -0.652. The molecule has 2 heterocycles. The third-order valence-corrected chi connectivity index (χ3v) is 5.83. The number of pyridine rings is 1. The smallest absolute Gasteiger partial charge is 0.341 e. The van der Waals surface area contributed by atoms with E-state index in [-0.39, 0.29) is 11.8 Å². The van der Waals surface area contributed by atoms with Gasteiger partial charge in [-0.05, 0) is 50.3 Å². The molecule has 1 aliphatic rings. The Labute approximate surface area is 155 Å². The van der Waals surface area contributed by atoms with Crippen LogP contribution in [-0.4, -0.2) is 17.6 Å². The molecule has 2 aromatic heterocycles. The highest BCUT2D eigenvalue weighted by molar-refractivity contribution is 7.16. The molecule has 1 aromatic carbocycles. The highest BCUT2D eigenvalue weighted by atomic mass is 32.1. The van der Waals surface area contributed by atoms with Crippen LogP contribution < -0.4 is 5.32 Å². The molecule has 0 atom stereocenters. The molecule has 0 unspecified atom stereocenters. The van der Waals surface area contributed by atoms with Crippen molar-refractivity contribution in [2.75, 3.05) is 11.9 Å². The van der Waals surface area contributed by atoms with E-state index in [0.29, 0.717) is 23.1 Å². The van der Waals surface area contributed by atoms with Crippen molar-refractivity contribution in [3.05, 3.63) is 52.3 Å². The second-order valence-electron chi connectivity index (χ2n) is 6.26. The summed E-state index contributed by atoms with van der Waals surface area (Å²) in [6.07, 6.45) is 5.68. The number of thiophene rings is 1. The second kappa shape index (κ2) is 7.03. The second-order valence-corrected chi connectivity index (χ2v) is 7.36. The molecule has 1 N–H and O–H groups in total. The number of fused-ring (bicyclic) bond motifs is 2. The molecule has 26 heavy (non-hydrogen) atoms. The lowest BCUT2D eigenvalue weighted by atomic mass is 9.95. The van der Waals surface area contributed by atoms with Crippen LogP contribution in [0.25, 0.3) is 10.9 Å². The van der Waals surface area contributed by atoms with Gasteiger partial charge in [-0.1, -0.05) is 12.1 Å². The van der Waals surface area contributed by atoms with E-state index in [0.717, 1.165) is 41.9 Å². The Kier molecular flexibility index (Phi) is 4.59. The normalized spacial score (nSPS) is 13.5. The lowest BCUT2D eigenvalue weighted by Gasteiger charge is -2.13. The van der Waals surface area contributed by atoms with Crippen LogP contribution in [0.15, 0.2) is 30.5 Å². The minimum atomic E-state index is -0.359. The highest BCUT2D eigenvalue weighted by Crippen LogP contribution is 2.40. The van der Waals surface area contributed by atoms with E-state index in [4.69, 9.17) is 4.74 Å². The number of para-hydroxylation sites is 1. The van der Waals surface area contributed by atoms with Crippen molar-refractivity contribution in [1.29, 1.82) is 0 Å². The largest absolute Gasteiger partial charge is 0.462 e. The van der Waals surface area contributed by atoms with Crippen LogP contribution in [-0.2, 0) is 17.6 Å². The molecule has 0 radical (unpaired) electrons. The van der Waals surface area contributed by atoms with Gasteiger partial charge in [-0.3, -0.25) is 4.98 Å². The van der Waals surface area contributed by atoms with Gasteiger partial charge in [0.25, 0.3) is 0 Å². The van der Waals surface area contributed by atoms with Crippen LogP contribution in [0.5, 0.6) is 0 Å². The first-order valence-corrected chi connectivity index (χ1v) is 9.62. The van der Waals surface area contributed by atoms with Gasteiger partial charge in [0.05, 0.1) is 17.9 Å². The number of hydrogen-bond acceptors (Lipinski definition) is 5. The first-order valence-electron chi connectivity index (χ1n) is 8.81. The van der Waals surface area contributed by atoms with Crippen molar-refractivity contribution in [1.82, 2.24) is 4.98 Å². The number of anilines is 2. The number of aromatic nitrogens is 1. The topological polar surface area (TPSA) is 51.2 Å². The van der Waals surface area contributed by atoms with Gasteiger partial charge in [0.15, 0.2) is 0 Å². The Balaban J connectivity index is 1.81. The summed E-state index contributed by atoms with van der Waals surface area (Å²) < 4.78 is 19.3. The van der Waals surface area contributed by atoms with Crippen molar-refractivity contribution >= 4 is 38.9 Å². The van der Waals surface area contributed by atoms with Gasteiger partial charge in [0.2, 0.25) is 0 Å². The summed E-state index contributed by atoms with van der Waals surface area (Å²) in [6, 6.07) is 6.68. The Bertz CT molecular complexity index is 983. The van der Waals surface area contributed by atoms with E-state index in [2.05, 4.69) is 10.3 Å². The zero-order chi connectivity index (χ0) is 18.1. The average Bonchev–Trinajstić information content (AvgIpc) is 3.01. The zero-order valence-corrected chi connectivity index (χ0v) is 15.3. The standard InChI is InChI=1S/C20H19FN2O2S/c1-2-25-20(24)17-13-6-3-4-9-16(13)26-19(17)23-15-10-11-22-18-12(15)7-5-8-14(18)21/h5,7-8,10-11H,2-4,6,9H2,1H3,(H,22,23). The zero-order valence-electron chi connectivity index (χ0n) is 14.5. The third kappa shape index (κ3) is 2.94. The number of carbonyl (C=O) groups excluding carboxylic acids is 1.